The average Bonchev–Trinajstić information content (AvgIpc) is 3.18. The molecule has 0 saturated carbocycles. The minimum Gasteiger partial charge on any atom is -0.463 e. The lowest BCUT2D eigenvalue weighted by Gasteiger charge is -2.12. The highest BCUT2D eigenvalue weighted by molar-refractivity contribution is 6.01. The van der Waals surface area contributed by atoms with Crippen LogP contribution in [0.15, 0.2) is 12.2 Å². The second-order valence-electron chi connectivity index (χ2n) is 9.32. The Morgan fingerprint density at radius 3 is 1.83 bits per heavy atom. The molecule has 1 fully saturated rings. The minimum atomic E-state index is -0.813. The van der Waals surface area contributed by atoms with Gasteiger partial charge < -0.3 is 14.3 Å². The molecule has 36 heavy (non-hydrogen) atoms. The Hall–Kier alpha value is -2.22. The normalized spacial score (nSPS) is 13.6. The molecule has 0 bridgehead atoms. The molecule has 8 nitrogen and oxygen atoms in total. The Morgan fingerprint density at radius 1 is 0.694 bits per heavy atom. The van der Waals surface area contributed by atoms with Crippen LogP contribution in [0.4, 0.5) is 0 Å². The molecule has 0 aromatic carbocycles. The topological polar surface area (TPSA) is 99.2 Å². The van der Waals surface area contributed by atoms with E-state index in [4.69, 9.17) is 14.3 Å². The van der Waals surface area contributed by atoms with Crippen molar-refractivity contribution in [2.45, 2.75) is 122 Å². The van der Waals surface area contributed by atoms with Crippen molar-refractivity contribution in [3.63, 3.8) is 0 Å². The molecule has 0 aliphatic carbocycles. The maximum atomic E-state index is 11.7. The van der Waals surface area contributed by atoms with Gasteiger partial charge in [0.15, 0.2) is 0 Å². The van der Waals surface area contributed by atoms with Gasteiger partial charge in [-0.3, -0.25) is 14.4 Å². The zero-order valence-electron chi connectivity index (χ0n) is 22.3. The molecule has 1 saturated heterocycles. The number of carbonyl (C=O) groups is 4. The Balaban J connectivity index is 1.80. The van der Waals surface area contributed by atoms with Gasteiger partial charge in [0.2, 0.25) is 0 Å². The summed E-state index contributed by atoms with van der Waals surface area (Å²) in [6.07, 6.45) is 22.0. The molecule has 0 aromatic rings. The van der Waals surface area contributed by atoms with Gasteiger partial charge in [0.05, 0.1) is 19.4 Å². The van der Waals surface area contributed by atoms with E-state index in [2.05, 4.69) is 19.1 Å². The van der Waals surface area contributed by atoms with E-state index in [1.54, 1.807) is 0 Å². The van der Waals surface area contributed by atoms with E-state index in [-0.39, 0.29) is 32.3 Å². The summed E-state index contributed by atoms with van der Waals surface area (Å²) in [5.41, 5.74) is 0. The van der Waals surface area contributed by atoms with E-state index in [0.717, 1.165) is 12.8 Å². The summed E-state index contributed by atoms with van der Waals surface area (Å²) >= 11 is 0. The molecule has 1 aliphatic heterocycles. The van der Waals surface area contributed by atoms with Crippen molar-refractivity contribution >= 4 is 23.8 Å². The summed E-state index contributed by atoms with van der Waals surface area (Å²) in [6.45, 7) is 3.34. The van der Waals surface area contributed by atoms with Gasteiger partial charge in [-0.15, -0.1) is 5.06 Å². The lowest BCUT2D eigenvalue weighted by atomic mass is 10.1. The van der Waals surface area contributed by atoms with Crippen LogP contribution in [0.5, 0.6) is 0 Å². The van der Waals surface area contributed by atoms with Crippen LogP contribution in [0.25, 0.3) is 0 Å². The lowest BCUT2D eigenvalue weighted by molar-refractivity contribution is -0.197. The molecule has 8 heteroatoms. The molecule has 0 unspecified atom stereocenters. The molecule has 2 amide bonds. The third-order valence-corrected chi connectivity index (χ3v) is 6.02. The van der Waals surface area contributed by atoms with Gasteiger partial charge in [-0.05, 0) is 32.1 Å². The summed E-state index contributed by atoms with van der Waals surface area (Å²) < 4.78 is 10.5. The van der Waals surface area contributed by atoms with Crippen LogP contribution in [0.2, 0.25) is 0 Å². The monoisotopic (exact) mass is 509 g/mol. The van der Waals surface area contributed by atoms with Crippen LogP contribution < -0.4 is 0 Å². The molecule has 0 spiro atoms. The van der Waals surface area contributed by atoms with Crippen molar-refractivity contribution in [3.05, 3.63) is 12.2 Å². The molecule has 0 N–H and O–H groups in total. The van der Waals surface area contributed by atoms with E-state index in [0.29, 0.717) is 18.3 Å². The van der Waals surface area contributed by atoms with Crippen molar-refractivity contribution in [1.82, 2.24) is 5.06 Å². The number of esters is 1. The number of ether oxygens (including phenoxy) is 2. The number of carbonyl (C=O) groups excluding carboxylic acids is 4. The van der Waals surface area contributed by atoms with Crippen molar-refractivity contribution in [1.29, 1.82) is 0 Å². The van der Waals surface area contributed by atoms with Gasteiger partial charge in [0.25, 0.3) is 11.8 Å². The fourth-order valence-corrected chi connectivity index (χ4v) is 3.85. The SMILES string of the molecule is CCCCCCCCC=CCCCCCCCCOCCOC(=O)CCC(=O)ON1C(=O)CCC1=O. The molecular formula is C28H47NO7. The van der Waals surface area contributed by atoms with Crippen LogP contribution >= 0.6 is 0 Å². The second-order valence-corrected chi connectivity index (χ2v) is 9.32. The third-order valence-electron chi connectivity index (χ3n) is 6.02. The molecule has 1 heterocycles. The quantitative estimate of drug-likeness (QED) is 0.0724. The second kappa shape index (κ2) is 22.0. The van der Waals surface area contributed by atoms with E-state index in [9.17, 15) is 19.2 Å². The van der Waals surface area contributed by atoms with Crippen LogP contribution in [0.3, 0.4) is 0 Å². The molecule has 0 atom stereocenters. The number of allylic oxidation sites excluding steroid dienone is 2. The fraction of sp³-hybridized carbons (Fsp3) is 0.786. The summed E-state index contributed by atoms with van der Waals surface area (Å²) in [4.78, 5) is 50.8. The highest BCUT2D eigenvalue weighted by atomic mass is 16.7. The number of unbranched alkanes of at least 4 members (excludes halogenated alkanes) is 12. The summed E-state index contributed by atoms with van der Waals surface area (Å²) in [6, 6.07) is 0. The molecule has 0 aromatic heterocycles. The van der Waals surface area contributed by atoms with Gasteiger partial charge in [-0.1, -0.05) is 76.9 Å². The van der Waals surface area contributed by atoms with E-state index >= 15 is 0 Å². The van der Waals surface area contributed by atoms with Gasteiger partial charge in [-0.25, -0.2) is 4.79 Å². The van der Waals surface area contributed by atoms with Crippen LogP contribution in [-0.4, -0.2) is 48.6 Å². The predicted molar refractivity (Wildman–Crippen MR) is 138 cm³/mol. The van der Waals surface area contributed by atoms with E-state index < -0.39 is 23.8 Å². The van der Waals surface area contributed by atoms with Crippen molar-refractivity contribution < 1.29 is 33.5 Å². The zero-order valence-corrected chi connectivity index (χ0v) is 22.3. The molecular weight excluding hydrogens is 462 g/mol. The Labute approximate surface area is 217 Å². The first-order chi connectivity index (χ1) is 17.5. The van der Waals surface area contributed by atoms with Crippen molar-refractivity contribution in [2.75, 3.05) is 19.8 Å². The smallest absolute Gasteiger partial charge is 0.333 e. The molecule has 206 valence electrons. The van der Waals surface area contributed by atoms with Crippen molar-refractivity contribution in [2.24, 2.45) is 0 Å². The van der Waals surface area contributed by atoms with Crippen LogP contribution in [0, 0.1) is 0 Å². The van der Waals surface area contributed by atoms with Gasteiger partial charge >= 0.3 is 11.9 Å². The van der Waals surface area contributed by atoms with Crippen LogP contribution in [0.1, 0.15) is 122 Å². The number of amides is 2. The molecule has 0 radical (unpaired) electrons. The van der Waals surface area contributed by atoms with Crippen molar-refractivity contribution in [3.8, 4) is 0 Å². The highest BCUT2D eigenvalue weighted by Crippen LogP contribution is 2.13. The molecule has 1 aliphatic rings. The molecule has 1 rings (SSSR count). The number of hydrogen-bond donors (Lipinski definition) is 0. The maximum Gasteiger partial charge on any atom is 0.333 e. The minimum absolute atomic E-state index is 0.0331. The third kappa shape index (κ3) is 17.2. The Kier molecular flexibility index (Phi) is 19.5. The number of hydrogen-bond acceptors (Lipinski definition) is 7. The first-order valence-electron chi connectivity index (χ1n) is 14.0. The standard InChI is InChI=1S/C28H47NO7/c1-2-3-4-5-6-7-8-9-10-11-12-13-14-15-16-17-22-34-23-24-35-27(32)20-21-28(33)36-29-25(30)18-19-26(29)31/h9-10H,2-8,11-24H2,1H3. The predicted octanol–water partition coefficient (Wildman–Crippen LogP) is 5.97. The van der Waals surface area contributed by atoms with E-state index in [1.165, 1.54) is 77.0 Å². The maximum absolute atomic E-state index is 11.7. The summed E-state index contributed by atoms with van der Waals surface area (Å²) in [5, 5.41) is 0.470. The first kappa shape index (κ1) is 31.8. The van der Waals surface area contributed by atoms with Gasteiger partial charge in [0, 0.05) is 19.4 Å². The highest BCUT2D eigenvalue weighted by Gasteiger charge is 2.32. The summed E-state index contributed by atoms with van der Waals surface area (Å²) in [5.74, 6) is -2.46. The average molecular weight is 510 g/mol. The number of rotatable bonds is 23. The van der Waals surface area contributed by atoms with E-state index in [1.807, 2.05) is 0 Å². The van der Waals surface area contributed by atoms with Gasteiger partial charge in [0.1, 0.15) is 6.61 Å². The lowest BCUT2D eigenvalue weighted by Crippen LogP contribution is -2.32. The summed E-state index contributed by atoms with van der Waals surface area (Å²) in [7, 11) is 0. The number of hydroxylamine groups is 2. The van der Waals surface area contributed by atoms with Gasteiger partial charge in [-0.2, -0.15) is 0 Å². The van der Waals surface area contributed by atoms with Crippen LogP contribution in [-0.2, 0) is 33.5 Å². The first-order valence-corrected chi connectivity index (χ1v) is 14.0. The number of imide groups is 1. The Bertz CT molecular complexity index is 646. The number of nitrogens with zero attached hydrogens (tertiary/aromatic N) is 1. The largest absolute Gasteiger partial charge is 0.463 e. The Morgan fingerprint density at radius 2 is 1.22 bits per heavy atom. The zero-order chi connectivity index (χ0) is 26.3. The fourth-order valence-electron chi connectivity index (χ4n) is 3.85.